The minimum absolute atomic E-state index is 0.0114. The van der Waals surface area contributed by atoms with Gasteiger partial charge in [-0.2, -0.15) is 0 Å². The second-order valence-electron chi connectivity index (χ2n) is 17.4. The topological polar surface area (TPSA) is 9.72 Å². The third-order valence-corrected chi connectivity index (χ3v) is 13.3. The maximum atomic E-state index is 2.85. The Balaban J connectivity index is 1.32. The summed E-state index contributed by atoms with van der Waals surface area (Å²) in [5.41, 5.74) is 18.8. The quantitative estimate of drug-likeness (QED) is 0.170. The first-order valence-electron chi connectivity index (χ1n) is 19.6. The molecule has 0 radical (unpaired) electrons. The molecule has 3 nitrogen and oxygen atoms in total. The van der Waals surface area contributed by atoms with Gasteiger partial charge < -0.3 is 14.7 Å². The Morgan fingerprint density at radius 2 is 1.25 bits per heavy atom. The average molecular weight is 690 g/mol. The molecule has 53 heavy (non-hydrogen) atoms. The molecule has 1 saturated carbocycles. The van der Waals surface area contributed by atoms with Gasteiger partial charge in [-0.15, -0.1) is 0 Å². The predicted octanol–water partition coefficient (Wildman–Crippen LogP) is 11.1. The summed E-state index contributed by atoms with van der Waals surface area (Å²) in [6.45, 7) is 14.7. The van der Waals surface area contributed by atoms with Crippen molar-refractivity contribution >= 4 is 68.6 Å². The van der Waals surface area contributed by atoms with Gasteiger partial charge >= 0.3 is 0 Å². The lowest BCUT2D eigenvalue weighted by molar-refractivity contribution is 0.195. The van der Waals surface area contributed by atoms with E-state index in [2.05, 4.69) is 190 Å². The number of benzene rings is 6. The SMILES string of the molecule is Cc1cc2c3c(c1)N1c4c(cc(C(C)(C)C)cc4C4(C)CCCCC14C)B3c1cc(N(c3ccccc3)c3ccccc3)ccc1N2c1ccccc1. The summed E-state index contributed by atoms with van der Waals surface area (Å²) >= 11 is 0. The first-order valence-corrected chi connectivity index (χ1v) is 19.6. The number of rotatable bonds is 4. The summed E-state index contributed by atoms with van der Waals surface area (Å²) in [6.07, 6.45) is 4.97. The van der Waals surface area contributed by atoms with Gasteiger partial charge in [-0.25, -0.2) is 0 Å². The zero-order chi connectivity index (χ0) is 36.3. The average Bonchev–Trinajstić information content (AvgIpc) is 3.37. The largest absolute Gasteiger partial charge is 0.335 e. The van der Waals surface area contributed by atoms with E-state index in [4.69, 9.17) is 0 Å². The molecule has 0 aromatic heterocycles. The van der Waals surface area contributed by atoms with E-state index in [9.17, 15) is 0 Å². The van der Waals surface area contributed by atoms with Crippen LogP contribution in [0, 0.1) is 6.92 Å². The summed E-state index contributed by atoms with van der Waals surface area (Å²) in [6, 6.07) is 50.1. The lowest BCUT2D eigenvalue weighted by Gasteiger charge is -2.53. The van der Waals surface area contributed by atoms with E-state index in [0.717, 1.165) is 11.4 Å². The van der Waals surface area contributed by atoms with Crippen molar-refractivity contribution in [1.29, 1.82) is 0 Å². The fourth-order valence-corrected chi connectivity index (χ4v) is 10.5. The molecule has 1 fully saturated rings. The van der Waals surface area contributed by atoms with Crippen LogP contribution in [0.4, 0.5) is 45.5 Å². The molecule has 0 amide bonds. The Kier molecular flexibility index (Phi) is 6.97. The van der Waals surface area contributed by atoms with Crippen LogP contribution < -0.4 is 31.1 Å². The van der Waals surface area contributed by atoms with Gasteiger partial charge in [-0.05, 0) is 132 Å². The van der Waals surface area contributed by atoms with Gasteiger partial charge in [-0.1, -0.05) is 107 Å². The molecule has 1 aliphatic carbocycles. The van der Waals surface area contributed by atoms with Crippen molar-refractivity contribution in [3.63, 3.8) is 0 Å². The first-order chi connectivity index (χ1) is 25.6. The minimum atomic E-state index is -0.0114. The van der Waals surface area contributed by atoms with E-state index in [-0.39, 0.29) is 23.1 Å². The molecule has 6 aromatic rings. The van der Waals surface area contributed by atoms with Crippen LogP contribution in [0.2, 0.25) is 0 Å². The second kappa shape index (κ2) is 11.4. The highest BCUT2D eigenvalue weighted by molar-refractivity contribution is 7.00. The Morgan fingerprint density at radius 3 is 1.91 bits per heavy atom. The minimum Gasteiger partial charge on any atom is -0.335 e. The van der Waals surface area contributed by atoms with Gasteiger partial charge in [0.25, 0.3) is 6.71 Å². The maximum Gasteiger partial charge on any atom is 0.252 e. The number of para-hydroxylation sites is 3. The van der Waals surface area contributed by atoms with Crippen LogP contribution in [0.5, 0.6) is 0 Å². The summed E-state index contributed by atoms with van der Waals surface area (Å²) in [7, 11) is 0. The molecule has 3 aliphatic heterocycles. The summed E-state index contributed by atoms with van der Waals surface area (Å²) in [4.78, 5) is 7.82. The molecular weight excluding hydrogens is 641 g/mol. The van der Waals surface area contributed by atoms with E-state index in [0.29, 0.717) is 0 Å². The molecule has 10 rings (SSSR count). The van der Waals surface area contributed by atoms with E-state index in [1.807, 2.05) is 0 Å². The second-order valence-corrected chi connectivity index (χ2v) is 17.4. The third kappa shape index (κ3) is 4.54. The number of fused-ring (bicyclic) bond motifs is 7. The molecule has 4 aliphatic rings. The normalized spacial score (nSPS) is 20.8. The fraction of sp³-hybridized carbons (Fsp3) is 0.265. The monoisotopic (exact) mass is 689 g/mol. The van der Waals surface area contributed by atoms with Crippen molar-refractivity contribution in [3.05, 3.63) is 150 Å². The smallest absolute Gasteiger partial charge is 0.252 e. The summed E-state index contributed by atoms with van der Waals surface area (Å²) < 4.78 is 0. The van der Waals surface area contributed by atoms with Crippen LogP contribution in [0.15, 0.2) is 133 Å². The summed E-state index contributed by atoms with van der Waals surface area (Å²) in [5.74, 6) is 0. The van der Waals surface area contributed by atoms with Crippen LogP contribution in [-0.4, -0.2) is 12.3 Å². The number of aryl methyl sites for hydroxylation is 1. The molecule has 0 bridgehead atoms. The molecule has 3 heterocycles. The maximum absolute atomic E-state index is 2.85. The Morgan fingerprint density at radius 1 is 0.623 bits per heavy atom. The van der Waals surface area contributed by atoms with Crippen molar-refractivity contribution in [2.24, 2.45) is 0 Å². The van der Waals surface area contributed by atoms with Crippen molar-refractivity contribution in [2.75, 3.05) is 14.7 Å². The number of nitrogens with zero attached hydrogens (tertiary/aromatic N) is 3. The number of hydrogen-bond acceptors (Lipinski definition) is 3. The molecule has 0 spiro atoms. The van der Waals surface area contributed by atoms with Crippen molar-refractivity contribution in [2.45, 2.75) is 83.6 Å². The van der Waals surface area contributed by atoms with Crippen LogP contribution in [-0.2, 0) is 10.8 Å². The molecule has 2 atom stereocenters. The first kappa shape index (κ1) is 32.4. The number of anilines is 8. The highest BCUT2D eigenvalue weighted by Gasteiger charge is 2.61. The van der Waals surface area contributed by atoms with Crippen LogP contribution in [0.3, 0.4) is 0 Å². The van der Waals surface area contributed by atoms with Crippen LogP contribution in [0.1, 0.15) is 77.0 Å². The van der Waals surface area contributed by atoms with Crippen molar-refractivity contribution < 1.29 is 0 Å². The molecule has 4 heteroatoms. The molecule has 0 N–H and O–H groups in total. The Bertz CT molecular complexity index is 2360. The highest BCUT2D eigenvalue weighted by atomic mass is 15.3. The van der Waals surface area contributed by atoms with Gasteiger partial charge in [-0.3, -0.25) is 0 Å². The lowest BCUT2D eigenvalue weighted by atomic mass is 9.33. The number of hydrogen-bond donors (Lipinski definition) is 0. The van der Waals surface area contributed by atoms with Crippen molar-refractivity contribution in [1.82, 2.24) is 0 Å². The van der Waals surface area contributed by atoms with Gasteiger partial charge in [0.2, 0.25) is 0 Å². The van der Waals surface area contributed by atoms with Gasteiger partial charge in [0.15, 0.2) is 0 Å². The molecule has 2 unspecified atom stereocenters. The van der Waals surface area contributed by atoms with Gasteiger partial charge in [0.05, 0.1) is 5.54 Å². The van der Waals surface area contributed by atoms with E-state index >= 15 is 0 Å². The highest BCUT2D eigenvalue weighted by Crippen LogP contribution is 2.62. The molecule has 262 valence electrons. The molecule has 0 saturated heterocycles. The Hall–Kier alpha value is -5.22. The van der Waals surface area contributed by atoms with Crippen LogP contribution in [0.25, 0.3) is 0 Å². The van der Waals surface area contributed by atoms with E-state index in [1.54, 1.807) is 5.56 Å². The van der Waals surface area contributed by atoms with Gasteiger partial charge in [0.1, 0.15) is 0 Å². The fourth-order valence-electron chi connectivity index (χ4n) is 10.5. The zero-order valence-corrected chi connectivity index (χ0v) is 31.9. The standard InChI is InChI=1S/C49H48BN3/c1-33-28-43-45-44(29-33)53-46-39(48(5)26-16-17-27-49(48,53)6)30-34(47(2,3)4)31-41(46)50(45)40-32-38(24-25-42(40)52(43)37-22-14-9-15-23-37)51(35-18-10-7-11-19-35)36-20-12-8-13-21-36/h7-15,18-25,28-32H,16-17,26-27H2,1-6H3. The van der Waals surface area contributed by atoms with E-state index in [1.165, 1.54) is 87.3 Å². The lowest BCUT2D eigenvalue weighted by Crippen LogP contribution is -2.64. The summed E-state index contributed by atoms with van der Waals surface area (Å²) in [5, 5.41) is 0. The predicted molar refractivity (Wildman–Crippen MR) is 227 cm³/mol. The van der Waals surface area contributed by atoms with E-state index < -0.39 is 0 Å². The molecular formula is C49H48BN3. The van der Waals surface area contributed by atoms with Gasteiger partial charge in [0, 0.05) is 50.9 Å². The molecule has 6 aromatic carbocycles. The zero-order valence-electron chi connectivity index (χ0n) is 31.9. The van der Waals surface area contributed by atoms with Crippen molar-refractivity contribution in [3.8, 4) is 0 Å². The Labute approximate surface area is 316 Å². The third-order valence-electron chi connectivity index (χ3n) is 13.3. The van der Waals surface area contributed by atoms with Crippen LogP contribution >= 0.6 is 0 Å².